The fourth-order valence-corrected chi connectivity index (χ4v) is 1.45. The largest absolute Gasteiger partial charge is 0.461 e. The van der Waals surface area contributed by atoms with E-state index < -0.39 is 5.97 Å². The summed E-state index contributed by atoms with van der Waals surface area (Å²) in [5.74, 6) is -0.441. The SMILES string of the molecule is CCCCCOC(C)CC(=NOC)C(=O)OCC. The van der Waals surface area contributed by atoms with Crippen LogP contribution in [0.2, 0.25) is 0 Å². The van der Waals surface area contributed by atoms with Crippen LogP contribution in [0.1, 0.15) is 46.5 Å². The molecule has 1 unspecified atom stereocenters. The summed E-state index contributed by atoms with van der Waals surface area (Å²) >= 11 is 0. The number of carbonyl (C=O) groups is 1. The number of oxime groups is 1. The normalized spacial score (nSPS) is 13.2. The van der Waals surface area contributed by atoms with E-state index >= 15 is 0 Å². The highest BCUT2D eigenvalue weighted by Crippen LogP contribution is 2.04. The molecule has 0 aliphatic heterocycles. The van der Waals surface area contributed by atoms with E-state index in [0.717, 1.165) is 19.3 Å². The molecule has 18 heavy (non-hydrogen) atoms. The van der Waals surface area contributed by atoms with Crippen molar-refractivity contribution < 1.29 is 19.1 Å². The molecule has 0 radical (unpaired) electrons. The van der Waals surface area contributed by atoms with Crippen LogP contribution in [0.4, 0.5) is 0 Å². The quantitative estimate of drug-likeness (QED) is 0.262. The molecule has 0 aromatic carbocycles. The lowest BCUT2D eigenvalue weighted by molar-refractivity contribution is -0.135. The number of hydrogen-bond acceptors (Lipinski definition) is 5. The van der Waals surface area contributed by atoms with Crippen LogP contribution in [0, 0.1) is 0 Å². The van der Waals surface area contributed by atoms with Crippen LogP contribution in [-0.2, 0) is 19.1 Å². The fourth-order valence-electron chi connectivity index (χ4n) is 1.45. The van der Waals surface area contributed by atoms with E-state index in [1.165, 1.54) is 7.11 Å². The van der Waals surface area contributed by atoms with E-state index in [1.54, 1.807) is 6.92 Å². The molecule has 0 saturated heterocycles. The van der Waals surface area contributed by atoms with Gasteiger partial charge in [0.05, 0.1) is 12.7 Å². The van der Waals surface area contributed by atoms with E-state index in [1.807, 2.05) is 6.92 Å². The highest BCUT2D eigenvalue weighted by Gasteiger charge is 2.17. The van der Waals surface area contributed by atoms with Crippen molar-refractivity contribution in [3.8, 4) is 0 Å². The summed E-state index contributed by atoms with van der Waals surface area (Å²) in [5.41, 5.74) is 0.266. The van der Waals surface area contributed by atoms with Gasteiger partial charge >= 0.3 is 5.97 Å². The third kappa shape index (κ3) is 8.06. The van der Waals surface area contributed by atoms with Crippen molar-refractivity contribution in [1.29, 1.82) is 0 Å². The van der Waals surface area contributed by atoms with Crippen molar-refractivity contribution >= 4 is 11.7 Å². The third-order valence-electron chi connectivity index (χ3n) is 2.34. The maximum atomic E-state index is 11.6. The predicted molar refractivity (Wildman–Crippen MR) is 70.6 cm³/mol. The first-order valence-electron chi connectivity index (χ1n) is 6.54. The zero-order valence-corrected chi connectivity index (χ0v) is 11.9. The van der Waals surface area contributed by atoms with E-state index in [0.29, 0.717) is 19.6 Å². The molecule has 0 aromatic heterocycles. The summed E-state index contributed by atoms with van der Waals surface area (Å²) in [5, 5.41) is 3.69. The van der Waals surface area contributed by atoms with Gasteiger partial charge in [-0.05, 0) is 20.3 Å². The van der Waals surface area contributed by atoms with Crippen LogP contribution < -0.4 is 0 Å². The summed E-state index contributed by atoms with van der Waals surface area (Å²) in [6, 6.07) is 0. The highest BCUT2D eigenvalue weighted by atomic mass is 16.6. The van der Waals surface area contributed by atoms with Gasteiger partial charge in [-0.25, -0.2) is 4.79 Å². The van der Waals surface area contributed by atoms with E-state index in [-0.39, 0.29) is 11.8 Å². The molecule has 0 saturated carbocycles. The molecular formula is C13H25NO4. The van der Waals surface area contributed by atoms with E-state index in [2.05, 4.69) is 16.9 Å². The minimum atomic E-state index is -0.441. The predicted octanol–water partition coefficient (Wildman–Crippen LogP) is 2.54. The minimum absolute atomic E-state index is 0.0693. The van der Waals surface area contributed by atoms with Crippen LogP contribution in [-0.4, -0.2) is 38.1 Å². The molecule has 0 aliphatic rings. The number of nitrogens with zero attached hydrogens (tertiary/aromatic N) is 1. The highest BCUT2D eigenvalue weighted by molar-refractivity contribution is 6.36. The van der Waals surface area contributed by atoms with Crippen molar-refractivity contribution in [1.82, 2.24) is 0 Å². The zero-order valence-electron chi connectivity index (χ0n) is 11.9. The van der Waals surface area contributed by atoms with Gasteiger partial charge in [0, 0.05) is 13.0 Å². The van der Waals surface area contributed by atoms with Crippen LogP contribution in [0.15, 0.2) is 5.16 Å². The van der Waals surface area contributed by atoms with Crippen molar-refractivity contribution in [2.45, 2.75) is 52.6 Å². The first-order chi connectivity index (χ1) is 8.65. The van der Waals surface area contributed by atoms with Crippen molar-refractivity contribution in [2.24, 2.45) is 5.16 Å². The summed E-state index contributed by atoms with van der Waals surface area (Å²) in [6.07, 6.45) is 3.69. The molecule has 0 N–H and O–H groups in total. The summed E-state index contributed by atoms with van der Waals surface area (Å²) in [4.78, 5) is 16.2. The molecule has 0 fully saturated rings. The molecule has 1 atom stereocenters. The Morgan fingerprint density at radius 2 is 2.00 bits per heavy atom. The molecule has 0 aromatic rings. The zero-order chi connectivity index (χ0) is 13.8. The maximum Gasteiger partial charge on any atom is 0.356 e. The lowest BCUT2D eigenvalue weighted by atomic mass is 10.2. The van der Waals surface area contributed by atoms with Crippen molar-refractivity contribution in [3.63, 3.8) is 0 Å². The standard InChI is InChI=1S/C13H25NO4/c1-5-7-8-9-18-11(3)10-12(14-16-4)13(15)17-6-2/h11H,5-10H2,1-4H3. The number of rotatable bonds is 10. The van der Waals surface area contributed by atoms with Gasteiger partial charge in [-0.15, -0.1) is 0 Å². The first kappa shape index (κ1) is 16.9. The number of hydrogen-bond donors (Lipinski definition) is 0. The molecule has 106 valence electrons. The average molecular weight is 259 g/mol. The molecule has 0 heterocycles. The van der Waals surface area contributed by atoms with Gasteiger partial charge < -0.3 is 14.3 Å². The topological polar surface area (TPSA) is 57.1 Å². The Morgan fingerprint density at radius 3 is 2.56 bits per heavy atom. The van der Waals surface area contributed by atoms with Crippen molar-refractivity contribution in [2.75, 3.05) is 20.3 Å². The summed E-state index contributed by atoms with van der Waals surface area (Å²) < 4.78 is 10.5. The smallest absolute Gasteiger partial charge is 0.356 e. The van der Waals surface area contributed by atoms with Gasteiger partial charge in [-0.3, -0.25) is 0 Å². The lowest BCUT2D eigenvalue weighted by Crippen LogP contribution is -2.24. The molecule has 0 aliphatic carbocycles. The third-order valence-corrected chi connectivity index (χ3v) is 2.34. The van der Waals surface area contributed by atoms with Gasteiger partial charge in [-0.2, -0.15) is 0 Å². The Bertz CT molecular complexity index is 253. The van der Waals surface area contributed by atoms with Crippen LogP contribution in [0.5, 0.6) is 0 Å². The Morgan fingerprint density at radius 1 is 1.28 bits per heavy atom. The molecular weight excluding hydrogens is 234 g/mol. The Balaban J connectivity index is 4.08. The number of carbonyl (C=O) groups excluding carboxylic acids is 1. The minimum Gasteiger partial charge on any atom is -0.461 e. The summed E-state index contributed by atoms with van der Waals surface area (Å²) in [6.45, 7) is 6.85. The molecule has 5 nitrogen and oxygen atoms in total. The summed E-state index contributed by atoms with van der Waals surface area (Å²) in [7, 11) is 1.41. The maximum absolute atomic E-state index is 11.6. The van der Waals surface area contributed by atoms with Gasteiger partial charge in [0.1, 0.15) is 7.11 Å². The van der Waals surface area contributed by atoms with Crippen LogP contribution in [0.25, 0.3) is 0 Å². The molecule has 0 rings (SSSR count). The van der Waals surface area contributed by atoms with Gasteiger partial charge in [0.2, 0.25) is 0 Å². The molecule has 5 heteroatoms. The Labute approximate surface area is 109 Å². The Hall–Kier alpha value is -1.10. The fraction of sp³-hybridized carbons (Fsp3) is 0.846. The second kappa shape index (κ2) is 11.0. The number of ether oxygens (including phenoxy) is 2. The van der Waals surface area contributed by atoms with Gasteiger partial charge in [0.25, 0.3) is 0 Å². The van der Waals surface area contributed by atoms with E-state index in [9.17, 15) is 4.79 Å². The van der Waals surface area contributed by atoms with Gasteiger partial charge in [-0.1, -0.05) is 24.9 Å². The lowest BCUT2D eigenvalue weighted by Gasteiger charge is -2.13. The van der Waals surface area contributed by atoms with E-state index in [4.69, 9.17) is 9.47 Å². The second-order valence-corrected chi connectivity index (χ2v) is 4.03. The van der Waals surface area contributed by atoms with Crippen LogP contribution >= 0.6 is 0 Å². The second-order valence-electron chi connectivity index (χ2n) is 4.03. The first-order valence-corrected chi connectivity index (χ1v) is 6.54. The molecule has 0 spiro atoms. The molecule has 0 amide bonds. The van der Waals surface area contributed by atoms with Gasteiger partial charge in [0.15, 0.2) is 5.71 Å². The van der Waals surface area contributed by atoms with Crippen LogP contribution in [0.3, 0.4) is 0 Å². The number of esters is 1. The molecule has 0 bridgehead atoms. The Kier molecular flexibility index (Phi) is 10.3. The average Bonchev–Trinajstić information content (AvgIpc) is 2.34. The monoisotopic (exact) mass is 259 g/mol. The van der Waals surface area contributed by atoms with Crippen molar-refractivity contribution in [3.05, 3.63) is 0 Å². The number of unbranched alkanes of at least 4 members (excludes halogenated alkanes) is 2.